The zero-order valence-electron chi connectivity index (χ0n) is 14.6. The molecule has 0 spiro atoms. The first-order chi connectivity index (χ1) is 11.3. The van der Waals surface area contributed by atoms with Gasteiger partial charge in [-0.25, -0.2) is 0 Å². The van der Waals surface area contributed by atoms with Gasteiger partial charge in [0.15, 0.2) is 0 Å². The van der Waals surface area contributed by atoms with Gasteiger partial charge in [-0.05, 0) is 52.4 Å². The van der Waals surface area contributed by atoms with E-state index in [9.17, 15) is 0 Å². The molecule has 128 valence electrons. The average Bonchev–Trinajstić information content (AvgIpc) is 2.99. The number of anilines is 1. The Hall–Kier alpha value is -1.33. The van der Waals surface area contributed by atoms with Crippen LogP contribution in [-0.4, -0.2) is 73.7 Å². The van der Waals surface area contributed by atoms with Crippen molar-refractivity contribution in [2.24, 2.45) is 0 Å². The molecule has 3 rings (SSSR count). The van der Waals surface area contributed by atoms with Crippen LogP contribution in [-0.2, 0) is 0 Å². The van der Waals surface area contributed by atoms with Gasteiger partial charge in [-0.3, -0.25) is 4.90 Å². The number of hydrogen-bond acceptors (Lipinski definition) is 5. The van der Waals surface area contributed by atoms with Crippen LogP contribution in [0.2, 0.25) is 0 Å². The molecule has 1 atom stereocenters. The lowest BCUT2D eigenvalue weighted by Crippen LogP contribution is -2.47. The fourth-order valence-electron chi connectivity index (χ4n) is 3.68. The average molecular weight is 318 g/mol. The standard InChI is InChI=1S/C18H30N4O/c1-3-23-18-8-4-7-17(19-18)22-14-12-21(13-15-22)11-9-16-6-5-10-20(16)2/h4,7-8,16H,3,5-6,9-15H2,1-2H3/t16-/m0/s1. The highest BCUT2D eigenvalue weighted by Crippen LogP contribution is 2.20. The van der Waals surface area contributed by atoms with E-state index in [4.69, 9.17) is 4.74 Å². The molecule has 0 aromatic carbocycles. The first-order valence-electron chi connectivity index (χ1n) is 9.03. The van der Waals surface area contributed by atoms with E-state index in [1.165, 1.54) is 32.4 Å². The lowest BCUT2D eigenvalue weighted by atomic mass is 10.1. The highest BCUT2D eigenvalue weighted by atomic mass is 16.5. The zero-order chi connectivity index (χ0) is 16.1. The Morgan fingerprint density at radius 1 is 1.17 bits per heavy atom. The molecule has 0 radical (unpaired) electrons. The first-order valence-corrected chi connectivity index (χ1v) is 9.03. The fourth-order valence-corrected chi connectivity index (χ4v) is 3.68. The molecule has 0 bridgehead atoms. The molecule has 2 fully saturated rings. The van der Waals surface area contributed by atoms with Gasteiger partial charge in [-0.1, -0.05) is 6.07 Å². The van der Waals surface area contributed by atoms with Crippen molar-refractivity contribution in [1.82, 2.24) is 14.8 Å². The molecule has 2 aliphatic rings. The summed E-state index contributed by atoms with van der Waals surface area (Å²) in [6.07, 6.45) is 4.07. The van der Waals surface area contributed by atoms with Crippen molar-refractivity contribution >= 4 is 5.82 Å². The van der Waals surface area contributed by atoms with E-state index < -0.39 is 0 Å². The topological polar surface area (TPSA) is 31.8 Å². The quantitative estimate of drug-likeness (QED) is 0.802. The molecule has 2 saturated heterocycles. The van der Waals surface area contributed by atoms with Crippen LogP contribution in [0.15, 0.2) is 18.2 Å². The summed E-state index contributed by atoms with van der Waals surface area (Å²) in [4.78, 5) is 12.1. The summed E-state index contributed by atoms with van der Waals surface area (Å²) in [6, 6.07) is 6.86. The molecule has 2 aliphatic heterocycles. The Morgan fingerprint density at radius 3 is 2.70 bits per heavy atom. The number of piperazine rings is 1. The molecule has 0 saturated carbocycles. The molecule has 5 nitrogen and oxygen atoms in total. The van der Waals surface area contributed by atoms with E-state index in [0.29, 0.717) is 6.61 Å². The summed E-state index contributed by atoms with van der Waals surface area (Å²) in [5, 5.41) is 0. The van der Waals surface area contributed by atoms with Crippen molar-refractivity contribution in [2.45, 2.75) is 32.2 Å². The van der Waals surface area contributed by atoms with Crippen LogP contribution in [0.4, 0.5) is 5.82 Å². The van der Waals surface area contributed by atoms with Gasteiger partial charge in [-0.2, -0.15) is 4.98 Å². The number of ether oxygens (including phenoxy) is 1. The van der Waals surface area contributed by atoms with E-state index >= 15 is 0 Å². The Balaban J connectivity index is 1.45. The number of pyridine rings is 1. The second kappa shape index (κ2) is 7.97. The van der Waals surface area contributed by atoms with Crippen molar-refractivity contribution in [2.75, 3.05) is 57.8 Å². The molecule has 0 N–H and O–H groups in total. The predicted molar refractivity (Wildman–Crippen MR) is 94.3 cm³/mol. The summed E-state index contributed by atoms with van der Waals surface area (Å²) < 4.78 is 5.51. The Kier molecular flexibility index (Phi) is 5.73. The van der Waals surface area contributed by atoms with Crippen LogP contribution >= 0.6 is 0 Å². The van der Waals surface area contributed by atoms with Crippen LogP contribution in [0.3, 0.4) is 0 Å². The largest absolute Gasteiger partial charge is 0.478 e. The third-order valence-corrected chi connectivity index (χ3v) is 5.15. The van der Waals surface area contributed by atoms with Gasteiger partial charge in [0.05, 0.1) is 6.61 Å². The van der Waals surface area contributed by atoms with Crippen molar-refractivity contribution < 1.29 is 4.74 Å². The van der Waals surface area contributed by atoms with Crippen molar-refractivity contribution in [1.29, 1.82) is 0 Å². The number of aromatic nitrogens is 1. The van der Waals surface area contributed by atoms with E-state index in [1.54, 1.807) is 0 Å². The van der Waals surface area contributed by atoms with E-state index in [-0.39, 0.29) is 0 Å². The minimum Gasteiger partial charge on any atom is -0.478 e. The molecule has 0 unspecified atom stereocenters. The number of likely N-dealkylation sites (tertiary alicyclic amines) is 1. The zero-order valence-corrected chi connectivity index (χ0v) is 14.6. The molecular weight excluding hydrogens is 288 g/mol. The van der Waals surface area contributed by atoms with E-state index in [1.807, 2.05) is 19.1 Å². The van der Waals surface area contributed by atoms with Gasteiger partial charge in [0, 0.05) is 38.3 Å². The number of nitrogens with zero attached hydrogens (tertiary/aromatic N) is 4. The Morgan fingerprint density at radius 2 is 2.00 bits per heavy atom. The highest BCUT2D eigenvalue weighted by Gasteiger charge is 2.23. The maximum absolute atomic E-state index is 5.51. The second-order valence-corrected chi connectivity index (χ2v) is 6.66. The molecule has 5 heteroatoms. The lowest BCUT2D eigenvalue weighted by Gasteiger charge is -2.36. The van der Waals surface area contributed by atoms with Gasteiger partial charge >= 0.3 is 0 Å². The maximum Gasteiger partial charge on any atom is 0.215 e. The van der Waals surface area contributed by atoms with Crippen molar-refractivity contribution in [3.05, 3.63) is 18.2 Å². The smallest absolute Gasteiger partial charge is 0.215 e. The van der Waals surface area contributed by atoms with E-state index in [0.717, 1.165) is 43.9 Å². The maximum atomic E-state index is 5.51. The third kappa shape index (κ3) is 4.36. The second-order valence-electron chi connectivity index (χ2n) is 6.66. The van der Waals surface area contributed by atoms with Crippen LogP contribution < -0.4 is 9.64 Å². The first kappa shape index (κ1) is 16.5. The molecule has 1 aromatic rings. The van der Waals surface area contributed by atoms with Crippen LogP contribution in [0.1, 0.15) is 26.2 Å². The van der Waals surface area contributed by atoms with Gasteiger partial charge in [0.2, 0.25) is 5.88 Å². The summed E-state index contributed by atoms with van der Waals surface area (Å²) in [6.45, 7) is 9.56. The molecule has 1 aromatic heterocycles. The molecule has 0 amide bonds. The number of rotatable bonds is 6. The Labute approximate surface area is 140 Å². The van der Waals surface area contributed by atoms with Gasteiger partial charge in [0.25, 0.3) is 0 Å². The van der Waals surface area contributed by atoms with Gasteiger partial charge in [-0.15, -0.1) is 0 Å². The third-order valence-electron chi connectivity index (χ3n) is 5.15. The fraction of sp³-hybridized carbons (Fsp3) is 0.722. The molecule has 23 heavy (non-hydrogen) atoms. The van der Waals surface area contributed by atoms with Crippen molar-refractivity contribution in [3.63, 3.8) is 0 Å². The minimum absolute atomic E-state index is 0.667. The van der Waals surface area contributed by atoms with E-state index in [2.05, 4.69) is 32.8 Å². The summed E-state index contributed by atoms with van der Waals surface area (Å²) in [7, 11) is 2.27. The molecule has 0 aliphatic carbocycles. The number of hydrogen-bond donors (Lipinski definition) is 0. The summed E-state index contributed by atoms with van der Waals surface area (Å²) in [5.41, 5.74) is 0. The van der Waals surface area contributed by atoms with Crippen LogP contribution in [0, 0.1) is 0 Å². The predicted octanol–water partition coefficient (Wildman–Crippen LogP) is 2.09. The molecule has 3 heterocycles. The normalized spacial score (nSPS) is 23.4. The monoisotopic (exact) mass is 318 g/mol. The molecular formula is C18H30N4O. The van der Waals surface area contributed by atoms with Gasteiger partial charge < -0.3 is 14.5 Å². The van der Waals surface area contributed by atoms with Crippen LogP contribution in [0.25, 0.3) is 0 Å². The van der Waals surface area contributed by atoms with Crippen molar-refractivity contribution in [3.8, 4) is 5.88 Å². The summed E-state index contributed by atoms with van der Waals surface area (Å²) in [5.74, 6) is 1.78. The van der Waals surface area contributed by atoms with Gasteiger partial charge in [0.1, 0.15) is 5.82 Å². The minimum atomic E-state index is 0.667. The SMILES string of the molecule is CCOc1cccc(N2CCN(CC[C@@H]3CCCN3C)CC2)n1. The highest BCUT2D eigenvalue weighted by molar-refractivity contribution is 5.41. The van der Waals surface area contributed by atoms with Crippen LogP contribution in [0.5, 0.6) is 5.88 Å². The summed E-state index contributed by atoms with van der Waals surface area (Å²) >= 11 is 0. The Bertz CT molecular complexity index is 488. The lowest BCUT2D eigenvalue weighted by molar-refractivity contribution is 0.214.